The molecule has 0 unspecified atom stereocenters. The maximum Gasteiger partial charge on any atom is 0.261 e. The summed E-state index contributed by atoms with van der Waals surface area (Å²) in [5.74, 6) is 1.17. The van der Waals surface area contributed by atoms with E-state index in [2.05, 4.69) is 28.1 Å². The van der Waals surface area contributed by atoms with Crippen molar-refractivity contribution in [3.8, 4) is 16.5 Å². The molecular weight excluding hydrogens is 372 g/mol. The quantitative estimate of drug-likeness (QED) is 0.520. The Balaban J connectivity index is 1.51. The Morgan fingerprint density at radius 3 is 2.68 bits per heavy atom. The summed E-state index contributed by atoms with van der Waals surface area (Å²) in [5, 5.41) is 5.14. The van der Waals surface area contributed by atoms with Crippen molar-refractivity contribution in [2.45, 2.75) is 6.54 Å². The lowest BCUT2D eigenvalue weighted by molar-refractivity contribution is 0.0954. The van der Waals surface area contributed by atoms with Gasteiger partial charge in [0.05, 0.1) is 24.6 Å². The zero-order valence-corrected chi connectivity index (χ0v) is 16.5. The molecule has 0 radical (unpaired) electrons. The van der Waals surface area contributed by atoms with Gasteiger partial charge in [0.1, 0.15) is 5.00 Å². The highest BCUT2D eigenvalue weighted by Gasteiger charge is 2.14. The van der Waals surface area contributed by atoms with Crippen LogP contribution in [-0.2, 0) is 6.54 Å². The Morgan fingerprint density at radius 1 is 1.00 bits per heavy atom. The molecule has 0 fully saturated rings. The summed E-state index contributed by atoms with van der Waals surface area (Å²) in [4.78, 5) is 13.3. The molecule has 28 heavy (non-hydrogen) atoms. The molecule has 0 atom stereocenters. The highest BCUT2D eigenvalue weighted by atomic mass is 32.1. The Hall–Kier alpha value is -3.25. The lowest BCUT2D eigenvalue weighted by atomic mass is 10.2. The molecule has 2 aromatic carbocycles. The first-order chi connectivity index (χ1) is 13.7. The fourth-order valence-electron chi connectivity index (χ4n) is 3.21. The predicted octanol–water partition coefficient (Wildman–Crippen LogP) is 4.64. The van der Waals surface area contributed by atoms with Gasteiger partial charge in [-0.25, -0.2) is 0 Å². The van der Waals surface area contributed by atoms with Crippen LogP contribution in [0.25, 0.3) is 15.9 Å². The van der Waals surface area contributed by atoms with E-state index in [0.717, 1.165) is 16.1 Å². The minimum atomic E-state index is -0.113. The summed E-state index contributed by atoms with van der Waals surface area (Å²) >= 11 is 1.46. The van der Waals surface area contributed by atoms with Crippen molar-refractivity contribution >= 4 is 28.1 Å². The molecule has 0 spiro atoms. The lowest BCUT2D eigenvalue weighted by Crippen LogP contribution is -2.22. The Bertz CT molecular complexity index is 1130. The average Bonchev–Trinajstić information content (AvgIpc) is 3.38. The maximum atomic E-state index is 12.6. The van der Waals surface area contributed by atoms with E-state index >= 15 is 0 Å². The SMILES string of the molecule is COc1cccc(CNC(=O)c2ccc(-n3ccc4ccccc43)s2)c1OC. The number of nitrogens with one attached hydrogen (secondary N) is 1. The van der Waals surface area contributed by atoms with Gasteiger partial charge in [-0.3, -0.25) is 4.79 Å². The number of hydrogen-bond acceptors (Lipinski definition) is 4. The monoisotopic (exact) mass is 392 g/mol. The van der Waals surface area contributed by atoms with Crippen LogP contribution in [0.3, 0.4) is 0 Å². The van der Waals surface area contributed by atoms with Crippen molar-refractivity contribution in [2.24, 2.45) is 0 Å². The first kappa shape index (κ1) is 18.1. The van der Waals surface area contributed by atoms with Crippen molar-refractivity contribution in [1.29, 1.82) is 0 Å². The van der Waals surface area contributed by atoms with Crippen LogP contribution in [0.1, 0.15) is 15.2 Å². The lowest BCUT2D eigenvalue weighted by Gasteiger charge is -2.12. The number of fused-ring (bicyclic) bond motifs is 1. The number of nitrogens with zero attached hydrogens (tertiary/aromatic N) is 1. The second-order valence-corrected chi connectivity index (χ2v) is 7.28. The number of benzene rings is 2. The first-order valence-electron chi connectivity index (χ1n) is 8.85. The summed E-state index contributed by atoms with van der Waals surface area (Å²) in [5.41, 5.74) is 1.99. The third-order valence-electron chi connectivity index (χ3n) is 4.58. The molecule has 2 aromatic heterocycles. The average molecular weight is 392 g/mol. The standard InChI is InChI=1S/C22H20N2O3S/c1-26-18-9-5-7-16(21(18)27-2)14-23-22(25)19-10-11-20(28-19)24-13-12-15-6-3-4-8-17(15)24/h3-13H,14H2,1-2H3,(H,23,25). The fourth-order valence-corrected chi connectivity index (χ4v) is 4.13. The third-order valence-corrected chi connectivity index (χ3v) is 5.66. The van der Waals surface area contributed by atoms with Gasteiger partial charge in [0.15, 0.2) is 11.5 Å². The molecule has 1 N–H and O–H groups in total. The molecule has 4 rings (SSSR count). The van der Waals surface area contributed by atoms with Gasteiger partial charge in [-0.15, -0.1) is 11.3 Å². The smallest absolute Gasteiger partial charge is 0.261 e. The van der Waals surface area contributed by atoms with Crippen LogP contribution >= 0.6 is 11.3 Å². The van der Waals surface area contributed by atoms with Crippen molar-refractivity contribution < 1.29 is 14.3 Å². The van der Waals surface area contributed by atoms with Gasteiger partial charge < -0.3 is 19.4 Å². The number of carbonyl (C=O) groups is 1. The zero-order valence-electron chi connectivity index (χ0n) is 15.6. The second-order valence-electron chi connectivity index (χ2n) is 6.22. The second kappa shape index (κ2) is 7.78. The van der Waals surface area contributed by atoms with E-state index < -0.39 is 0 Å². The molecule has 0 aliphatic heterocycles. The Kier molecular flexibility index (Phi) is 5.04. The number of rotatable bonds is 6. The number of hydrogen-bond donors (Lipinski definition) is 1. The highest BCUT2D eigenvalue weighted by molar-refractivity contribution is 7.16. The molecule has 6 heteroatoms. The number of methoxy groups -OCH3 is 2. The molecule has 1 amide bonds. The van der Waals surface area contributed by atoms with Gasteiger partial charge in [0.25, 0.3) is 5.91 Å². The normalized spacial score (nSPS) is 10.8. The maximum absolute atomic E-state index is 12.6. The molecule has 0 aliphatic rings. The van der Waals surface area contributed by atoms with E-state index in [1.807, 2.05) is 48.7 Å². The van der Waals surface area contributed by atoms with Crippen LogP contribution in [0.4, 0.5) is 0 Å². The van der Waals surface area contributed by atoms with Crippen molar-refractivity contribution in [2.75, 3.05) is 14.2 Å². The molecule has 2 heterocycles. The summed E-state index contributed by atoms with van der Waals surface area (Å²) in [6.07, 6.45) is 2.03. The van der Waals surface area contributed by atoms with E-state index in [0.29, 0.717) is 22.9 Å². The number of amides is 1. The van der Waals surface area contributed by atoms with Gasteiger partial charge in [0.2, 0.25) is 0 Å². The van der Waals surface area contributed by atoms with Crippen molar-refractivity contribution in [3.05, 3.63) is 77.3 Å². The number of para-hydroxylation sites is 2. The third kappa shape index (κ3) is 3.34. The molecular formula is C22H20N2O3S. The van der Waals surface area contributed by atoms with E-state index in [1.165, 1.54) is 16.7 Å². The van der Waals surface area contributed by atoms with Crippen LogP contribution in [0.2, 0.25) is 0 Å². The van der Waals surface area contributed by atoms with E-state index in [9.17, 15) is 4.79 Å². The minimum Gasteiger partial charge on any atom is -0.493 e. The molecule has 5 nitrogen and oxygen atoms in total. The van der Waals surface area contributed by atoms with Gasteiger partial charge in [-0.05, 0) is 35.7 Å². The summed E-state index contributed by atoms with van der Waals surface area (Å²) in [6.45, 7) is 0.360. The van der Waals surface area contributed by atoms with Crippen LogP contribution in [0, 0.1) is 0 Å². The zero-order chi connectivity index (χ0) is 19.5. The topological polar surface area (TPSA) is 52.5 Å². The molecule has 142 valence electrons. The number of ether oxygens (including phenoxy) is 2. The van der Waals surface area contributed by atoms with Crippen LogP contribution in [0.15, 0.2) is 66.9 Å². The Labute approximate surface area is 167 Å². The van der Waals surface area contributed by atoms with Crippen LogP contribution in [-0.4, -0.2) is 24.7 Å². The van der Waals surface area contributed by atoms with Gasteiger partial charge in [0, 0.05) is 18.3 Å². The van der Waals surface area contributed by atoms with E-state index in [-0.39, 0.29) is 5.91 Å². The van der Waals surface area contributed by atoms with Gasteiger partial charge in [-0.2, -0.15) is 0 Å². The molecule has 0 aliphatic carbocycles. The minimum absolute atomic E-state index is 0.113. The molecule has 0 bridgehead atoms. The predicted molar refractivity (Wildman–Crippen MR) is 112 cm³/mol. The van der Waals surface area contributed by atoms with Crippen LogP contribution < -0.4 is 14.8 Å². The number of carbonyl (C=O) groups excluding carboxylic acids is 1. The van der Waals surface area contributed by atoms with Gasteiger partial charge >= 0.3 is 0 Å². The first-order valence-corrected chi connectivity index (χ1v) is 9.67. The number of thiophene rings is 1. The summed E-state index contributed by atoms with van der Waals surface area (Å²) < 4.78 is 12.8. The Morgan fingerprint density at radius 2 is 1.86 bits per heavy atom. The van der Waals surface area contributed by atoms with Crippen molar-refractivity contribution in [3.63, 3.8) is 0 Å². The van der Waals surface area contributed by atoms with Gasteiger partial charge in [-0.1, -0.05) is 30.3 Å². The van der Waals surface area contributed by atoms with Crippen molar-refractivity contribution in [1.82, 2.24) is 9.88 Å². The van der Waals surface area contributed by atoms with E-state index in [1.54, 1.807) is 14.2 Å². The fraction of sp³-hybridized carbons (Fsp3) is 0.136. The molecule has 4 aromatic rings. The molecule has 0 saturated heterocycles. The van der Waals surface area contributed by atoms with E-state index in [4.69, 9.17) is 9.47 Å². The largest absolute Gasteiger partial charge is 0.493 e. The van der Waals surface area contributed by atoms with Crippen LogP contribution in [0.5, 0.6) is 11.5 Å². The summed E-state index contributed by atoms with van der Waals surface area (Å²) in [7, 11) is 3.19. The molecule has 0 saturated carbocycles. The highest BCUT2D eigenvalue weighted by Crippen LogP contribution is 2.31. The summed E-state index contributed by atoms with van der Waals surface area (Å²) in [6, 6.07) is 19.7. The number of aromatic nitrogens is 1.